The Balaban J connectivity index is 2.05. The van der Waals surface area contributed by atoms with Gasteiger partial charge in [-0.05, 0) is 43.7 Å². The van der Waals surface area contributed by atoms with Crippen LogP contribution in [-0.4, -0.2) is 69.4 Å². The molecule has 0 saturated carbocycles. The van der Waals surface area contributed by atoms with Crippen LogP contribution in [0.4, 0.5) is 0 Å². The Morgan fingerprint density at radius 1 is 1.24 bits per heavy atom. The van der Waals surface area contributed by atoms with Gasteiger partial charge < -0.3 is 9.84 Å². The van der Waals surface area contributed by atoms with Gasteiger partial charge in [-0.2, -0.15) is 8.61 Å². The first-order chi connectivity index (χ1) is 16.0. The van der Waals surface area contributed by atoms with Crippen molar-refractivity contribution in [1.82, 2.24) is 8.61 Å². The Hall–Kier alpha value is -2.24. The molecule has 0 amide bonds. The van der Waals surface area contributed by atoms with Crippen molar-refractivity contribution in [1.29, 1.82) is 0 Å². The van der Waals surface area contributed by atoms with Gasteiger partial charge in [-0.25, -0.2) is 16.8 Å². The minimum atomic E-state index is -3.95. The molecule has 0 bridgehead atoms. The monoisotopic (exact) mass is 508 g/mol. The number of sulfonamides is 2. The van der Waals surface area contributed by atoms with Crippen LogP contribution in [0.3, 0.4) is 0 Å². The summed E-state index contributed by atoms with van der Waals surface area (Å²) >= 11 is 0. The second-order valence-electron chi connectivity index (χ2n) is 8.54. The average Bonchev–Trinajstić information content (AvgIpc) is 2.81. The van der Waals surface area contributed by atoms with Crippen molar-refractivity contribution in [3.63, 3.8) is 0 Å². The molecule has 3 rings (SSSR count). The summed E-state index contributed by atoms with van der Waals surface area (Å²) in [5.41, 5.74) is 0.760. The number of allylic oxidation sites excluding steroid dienone is 1. The van der Waals surface area contributed by atoms with Gasteiger partial charge in [0, 0.05) is 25.6 Å². The van der Waals surface area contributed by atoms with Crippen LogP contribution in [0.15, 0.2) is 64.4 Å². The molecule has 8 nitrogen and oxygen atoms in total. The molecule has 1 aliphatic heterocycles. The molecule has 2 aromatic rings. The summed E-state index contributed by atoms with van der Waals surface area (Å²) < 4.78 is 61.9. The largest absolute Gasteiger partial charge is 0.487 e. The fraction of sp³-hybridized carbons (Fsp3) is 0.417. The summed E-state index contributed by atoms with van der Waals surface area (Å²) in [6, 6.07) is 12.3. The molecule has 0 saturated heterocycles. The van der Waals surface area contributed by atoms with Gasteiger partial charge >= 0.3 is 0 Å². The highest BCUT2D eigenvalue weighted by atomic mass is 32.2. The van der Waals surface area contributed by atoms with Crippen LogP contribution in [0.5, 0.6) is 5.75 Å². The van der Waals surface area contributed by atoms with E-state index in [9.17, 15) is 21.9 Å². The molecule has 34 heavy (non-hydrogen) atoms. The average molecular weight is 509 g/mol. The van der Waals surface area contributed by atoms with E-state index in [1.54, 1.807) is 37.3 Å². The van der Waals surface area contributed by atoms with E-state index < -0.39 is 32.2 Å². The topological polar surface area (TPSA) is 104 Å². The van der Waals surface area contributed by atoms with Gasteiger partial charge in [0.2, 0.25) is 20.0 Å². The van der Waals surface area contributed by atoms with E-state index in [1.165, 1.54) is 33.9 Å². The fourth-order valence-electron chi connectivity index (χ4n) is 3.88. The zero-order valence-electron chi connectivity index (χ0n) is 19.8. The summed E-state index contributed by atoms with van der Waals surface area (Å²) in [4.78, 5) is 0.163. The van der Waals surface area contributed by atoms with Crippen LogP contribution in [0, 0.1) is 5.92 Å². The number of aliphatic hydroxyl groups excluding tert-OH is 1. The van der Waals surface area contributed by atoms with Crippen molar-refractivity contribution in [2.75, 3.05) is 26.7 Å². The molecule has 1 heterocycles. The van der Waals surface area contributed by atoms with Crippen LogP contribution < -0.4 is 4.74 Å². The van der Waals surface area contributed by atoms with E-state index in [0.29, 0.717) is 0 Å². The number of benzene rings is 2. The van der Waals surface area contributed by atoms with Gasteiger partial charge in [-0.3, -0.25) is 0 Å². The zero-order chi connectivity index (χ0) is 25.1. The van der Waals surface area contributed by atoms with Crippen LogP contribution in [0.2, 0.25) is 0 Å². The summed E-state index contributed by atoms with van der Waals surface area (Å²) in [5, 5.41) is 9.74. The molecule has 0 aromatic heterocycles. The Labute approximate surface area is 202 Å². The first-order valence-corrected chi connectivity index (χ1v) is 14.0. The van der Waals surface area contributed by atoms with E-state index in [0.717, 1.165) is 5.56 Å². The third-order valence-electron chi connectivity index (χ3n) is 5.94. The number of rotatable bonds is 7. The lowest BCUT2D eigenvalue weighted by molar-refractivity contribution is 0.0904. The highest BCUT2D eigenvalue weighted by molar-refractivity contribution is 7.89. The van der Waals surface area contributed by atoms with Crippen molar-refractivity contribution in [2.24, 2.45) is 5.92 Å². The molecular weight excluding hydrogens is 476 g/mol. The normalized spacial score (nSPS) is 22.1. The third kappa shape index (κ3) is 5.36. The van der Waals surface area contributed by atoms with Gasteiger partial charge in [0.1, 0.15) is 16.7 Å². The summed E-state index contributed by atoms with van der Waals surface area (Å²) in [5.74, 6) is -0.205. The number of hydrogen-bond donors (Lipinski definition) is 1. The van der Waals surface area contributed by atoms with E-state index in [4.69, 9.17) is 4.74 Å². The van der Waals surface area contributed by atoms with Crippen LogP contribution in [-0.2, 0) is 20.0 Å². The van der Waals surface area contributed by atoms with Crippen molar-refractivity contribution < 1.29 is 26.7 Å². The van der Waals surface area contributed by atoms with Crippen molar-refractivity contribution in [2.45, 2.75) is 42.7 Å². The maximum Gasteiger partial charge on any atom is 0.247 e. The van der Waals surface area contributed by atoms with Gasteiger partial charge in [0.25, 0.3) is 0 Å². The molecule has 0 radical (unpaired) electrons. The Morgan fingerprint density at radius 3 is 2.53 bits per heavy atom. The van der Waals surface area contributed by atoms with Gasteiger partial charge in [-0.15, -0.1) is 0 Å². The van der Waals surface area contributed by atoms with Gasteiger partial charge in [0.15, 0.2) is 0 Å². The SMILES string of the molecule is CC=Cc1ccc2c(c1)O[C@@H](CN(C)S(=O)(=O)c1ccccc1)[C@@H](C)CN([C@@H](C)CO)S2(=O)=O. The Kier molecular flexibility index (Phi) is 8.20. The minimum Gasteiger partial charge on any atom is -0.487 e. The first-order valence-electron chi connectivity index (χ1n) is 11.1. The molecular formula is C24H32N2O6S2. The lowest BCUT2D eigenvalue weighted by atomic mass is 10.0. The predicted molar refractivity (Wildman–Crippen MR) is 131 cm³/mol. The lowest BCUT2D eigenvalue weighted by Gasteiger charge is -2.37. The van der Waals surface area contributed by atoms with Crippen LogP contribution >= 0.6 is 0 Å². The van der Waals surface area contributed by atoms with E-state index in [2.05, 4.69) is 0 Å². The second-order valence-corrected chi connectivity index (χ2v) is 12.4. The number of likely N-dealkylation sites (N-methyl/N-ethyl adjacent to an activating group) is 1. The zero-order valence-corrected chi connectivity index (χ0v) is 21.5. The molecule has 0 spiro atoms. The van der Waals surface area contributed by atoms with Crippen molar-refractivity contribution in [3.8, 4) is 5.75 Å². The predicted octanol–water partition coefficient (Wildman–Crippen LogP) is 2.81. The van der Waals surface area contributed by atoms with Crippen LogP contribution in [0.1, 0.15) is 26.3 Å². The maximum atomic E-state index is 13.5. The first kappa shape index (κ1) is 26.4. The fourth-order valence-corrected chi connectivity index (χ4v) is 6.91. The maximum absolute atomic E-state index is 13.5. The number of ether oxygens (including phenoxy) is 1. The van der Waals surface area contributed by atoms with E-state index >= 15 is 0 Å². The van der Waals surface area contributed by atoms with Gasteiger partial charge in [-0.1, -0.05) is 43.3 Å². The lowest BCUT2D eigenvalue weighted by Crippen LogP contribution is -2.50. The molecule has 1 aliphatic rings. The molecule has 0 fully saturated rings. The number of hydrogen-bond acceptors (Lipinski definition) is 6. The van der Waals surface area contributed by atoms with Crippen molar-refractivity contribution >= 4 is 26.1 Å². The van der Waals surface area contributed by atoms with Gasteiger partial charge in [0.05, 0.1) is 18.0 Å². The molecule has 3 atom stereocenters. The molecule has 0 aliphatic carbocycles. The molecule has 2 aromatic carbocycles. The van der Waals surface area contributed by atoms with Crippen molar-refractivity contribution in [3.05, 3.63) is 60.2 Å². The summed E-state index contributed by atoms with van der Waals surface area (Å²) in [6.07, 6.45) is 3.03. The third-order valence-corrected chi connectivity index (χ3v) is 9.80. The Bertz CT molecular complexity index is 1230. The number of nitrogens with zero attached hydrogens (tertiary/aromatic N) is 2. The highest BCUT2D eigenvalue weighted by Gasteiger charge is 2.39. The Morgan fingerprint density at radius 2 is 1.91 bits per heavy atom. The van der Waals surface area contributed by atoms with Crippen LogP contribution in [0.25, 0.3) is 6.08 Å². The summed E-state index contributed by atoms with van der Waals surface area (Å²) in [6.45, 7) is 5.07. The summed E-state index contributed by atoms with van der Waals surface area (Å²) in [7, 11) is -6.23. The molecule has 1 N–H and O–H groups in total. The standard InChI is InChI=1S/C24H32N2O6S2/c1-5-9-20-12-13-24-22(14-20)32-23(18(2)15-26(19(3)17-27)34(24,30)31)16-25(4)33(28,29)21-10-7-6-8-11-21/h5-14,18-19,23,27H,15-17H2,1-4H3/t18-,19-,23-/m0/s1. The minimum absolute atomic E-state index is 0.00785. The highest BCUT2D eigenvalue weighted by Crippen LogP contribution is 2.34. The number of fused-ring (bicyclic) bond motifs is 1. The molecule has 10 heteroatoms. The van der Waals surface area contributed by atoms with E-state index in [-0.39, 0.29) is 41.2 Å². The quantitative estimate of drug-likeness (QED) is 0.617. The van der Waals surface area contributed by atoms with E-state index in [1.807, 2.05) is 26.0 Å². The number of aliphatic hydroxyl groups is 1. The molecule has 186 valence electrons. The smallest absolute Gasteiger partial charge is 0.247 e. The second kappa shape index (κ2) is 10.6. The molecule has 0 unspecified atom stereocenters.